The Morgan fingerprint density at radius 1 is 1.45 bits per heavy atom. The van der Waals surface area contributed by atoms with Crippen molar-refractivity contribution in [2.24, 2.45) is 7.05 Å². The number of aromatic nitrogens is 1. The summed E-state index contributed by atoms with van der Waals surface area (Å²) in [5, 5.41) is 10.2. The zero-order valence-corrected chi connectivity index (χ0v) is 11.9. The van der Waals surface area contributed by atoms with Crippen LogP contribution in [0.4, 0.5) is 0 Å². The fourth-order valence-electron chi connectivity index (χ4n) is 3.11. The lowest BCUT2D eigenvalue weighted by Crippen LogP contribution is -2.30. The van der Waals surface area contributed by atoms with E-state index < -0.39 is 6.10 Å². The predicted molar refractivity (Wildman–Crippen MR) is 77.1 cm³/mol. The van der Waals surface area contributed by atoms with E-state index in [-0.39, 0.29) is 0 Å². The van der Waals surface area contributed by atoms with Gasteiger partial charge in [-0.25, -0.2) is 0 Å². The summed E-state index contributed by atoms with van der Waals surface area (Å²) in [5.41, 5.74) is 1.34. The Morgan fingerprint density at radius 2 is 2.35 bits per heavy atom. The topological polar surface area (TPSA) is 41.5 Å². The highest BCUT2D eigenvalue weighted by molar-refractivity contribution is 5.10. The molecule has 4 heteroatoms. The number of hydrogen-bond donors (Lipinski definition) is 1. The lowest BCUT2D eigenvalue weighted by Gasteiger charge is -2.25. The maximum absolute atomic E-state index is 10.2. The van der Waals surface area contributed by atoms with E-state index >= 15 is 0 Å². The molecule has 3 rings (SSSR count). The van der Waals surface area contributed by atoms with E-state index in [0.717, 1.165) is 25.9 Å². The molecule has 108 valence electrons. The molecular weight excluding hydrogens is 252 g/mol. The van der Waals surface area contributed by atoms with Gasteiger partial charge in [0.05, 0.1) is 6.26 Å². The van der Waals surface area contributed by atoms with Crippen molar-refractivity contribution in [2.45, 2.75) is 38.0 Å². The largest absolute Gasteiger partial charge is 0.467 e. The number of rotatable bonds is 5. The number of likely N-dealkylation sites (tertiary alicyclic amines) is 1. The molecule has 1 N–H and O–H groups in total. The molecule has 0 bridgehead atoms. The summed E-state index contributed by atoms with van der Waals surface area (Å²) in [6.45, 7) is 2.08. The normalized spacial score (nSPS) is 21.4. The third-order valence-corrected chi connectivity index (χ3v) is 4.14. The van der Waals surface area contributed by atoms with Crippen LogP contribution < -0.4 is 0 Å². The minimum Gasteiger partial charge on any atom is -0.467 e. The van der Waals surface area contributed by atoms with Gasteiger partial charge in [-0.15, -0.1) is 0 Å². The highest BCUT2D eigenvalue weighted by Gasteiger charge is 2.28. The molecule has 2 aromatic rings. The first-order valence-electron chi connectivity index (χ1n) is 7.29. The molecule has 0 radical (unpaired) electrons. The van der Waals surface area contributed by atoms with E-state index in [4.69, 9.17) is 4.42 Å². The van der Waals surface area contributed by atoms with E-state index in [1.807, 2.05) is 19.2 Å². The Bertz CT molecular complexity index is 532. The first-order valence-corrected chi connectivity index (χ1v) is 7.29. The van der Waals surface area contributed by atoms with Crippen LogP contribution in [0.2, 0.25) is 0 Å². The average molecular weight is 274 g/mol. The molecule has 1 saturated heterocycles. The monoisotopic (exact) mass is 274 g/mol. The molecule has 1 aliphatic heterocycles. The Kier molecular flexibility index (Phi) is 3.94. The first-order chi connectivity index (χ1) is 9.72. The van der Waals surface area contributed by atoms with Gasteiger partial charge in [0.2, 0.25) is 0 Å². The molecule has 2 aromatic heterocycles. The van der Waals surface area contributed by atoms with Gasteiger partial charge in [0.15, 0.2) is 0 Å². The molecule has 4 nitrogen and oxygen atoms in total. The quantitative estimate of drug-likeness (QED) is 0.911. The molecule has 2 atom stereocenters. The molecule has 0 amide bonds. The van der Waals surface area contributed by atoms with E-state index in [9.17, 15) is 5.11 Å². The Hall–Kier alpha value is -1.52. The third-order valence-electron chi connectivity index (χ3n) is 4.14. The van der Waals surface area contributed by atoms with Gasteiger partial charge in [-0.3, -0.25) is 4.90 Å². The second-order valence-corrected chi connectivity index (χ2v) is 5.72. The molecule has 1 aliphatic rings. The summed E-state index contributed by atoms with van der Waals surface area (Å²) < 4.78 is 7.37. The van der Waals surface area contributed by atoms with Crippen LogP contribution in [0.3, 0.4) is 0 Å². The lowest BCUT2D eigenvalue weighted by atomic mass is 10.0. The van der Waals surface area contributed by atoms with Crippen LogP contribution >= 0.6 is 0 Å². The van der Waals surface area contributed by atoms with Crippen molar-refractivity contribution in [1.82, 2.24) is 9.47 Å². The fourth-order valence-corrected chi connectivity index (χ4v) is 3.11. The van der Waals surface area contributed by atoms with Gasteiger partial charge in [-0.1, -0.05) is 0 Å². The predicted octanol–water partition coefficient (Wildman–Crippen LogP) is 2.71. The smallest absolute Gasteiger partial charge is 0.132 e. The van der Waals surface area contributed by atoms with Crippen LogP contribution in [0.15, 0.2) is 41.3 Å². The van der Waals surface area contributed by atoms with Gasteiger partial charge in [0.1, 0.15) is 11.9 Å². The van der Waals surface area contributed by atoms with Crippen molar-refractivity contribution >= 4 is 0 Å². The Balaban J connectivity index is 1.60. The van der Waals surface area contributed by atoms with Crippen LogP contribution in [0.1, 0.15) is 36.7 Å². The summed E-state index contributed by atoms with van der Waals surface area (Å²) >= 11 is 0. The van der Waals surface area contributed by atoms with Gasteiger partial charge in [0.25, 0.3) is 0 Å². The average Bonchev–Trinajstić information content (AvgIpc) is 3.13. The number of nitrogens with zero attached hydrogens (tertiary/aromatic N) is 2. The van der Waals surface area contributed by atoms with E-state index in [2.05, 4.69) is 27.9 Å². The molecule has 2 unspecified atom stereocenters. The maximum Gasteiger partial charge on any atom is 0.132 e. The Morgan fingerprint density at radius 3 is 3.05 bits per heavy atom. The second kappa shape index (κ2) is 5.85. The van der Waals surface area contributed by atoms with E-state index in [0.29, 0.717) is 11.8 Å². The minimum atomic E-state index is -0.494. The van der Waals surface area contributed by atoms with Gasteiger partial charge >= 0.3 is 0 Å². The van der Waals surface area contributed by atoms with Crippen molar-refractivity contribution in [3.05, 3.63) is 48.2 Å². The van der Waals surface area contributed by atoms with Crippen LogP contribution in [0.25, 0.3) is 0 Å². The minimum absolute atomic E-state index is 0.440. The number of aliphatic hydroxyl groups is 1. The van der Waals surface area contributed by atoms with Crippen molar-refractivity contribution in [3.63, 3.8) is 0 Å². The molecular formula is C16H22N2O2. The molecule has 20 heavy (non-hydrogen) atoms. The van der Waals surface area contributed by atoms with E-state index in [1.165, 1.54) is 12.0 Å². The van der Waals surface area contributed by atoms with Crippen molar-refractivity contribution in [1.29, 1.82) is 0 Å². The number of aliphatic hydroxyl groups excluding tert-OH is 1. The lowest BCUT2D eigenvalue weighted by molar-refractivity contribution is 0.0995. The summed E-state index contributed by atoms with van der Waals surface area (Å²) in [4.78, 5) is 2.47. The summed E-state index contributed by atoms with van der Waals surface area (Å²) in [7, 11) is 2.05. The van der Waals surface area contributed by atoms with Crippen LogP contribution in [-0.4, -0.2) is 27.2 Å². The van der Waals surface area contributed by atoms with Gasteiger partial charge in [0, 0.05) is 32.0 Å². The molecule has 0 aromatic carbocycles. The highest BCUT2D eigenvalue weighted by atomic mass is 16.4. The highest BCUT2D eigenvalue weighted by Crippen LogP contribution is 2.28. The summed E-state index contributed by atoms with van der Waals surface area (Å²) in [6, 6.07) is 6.28. The van der Waals surface area contributed by atoms with Crippen LogP contribution in [-0.2, 0) is 13.6 Å². The molecule has 3 heterocycles. The van der Waals surface area contributed by atoms with Crippen molar-refractivity contribution in [3.8, 4) is 0 Å². The summed E-state index contributed by atoms with van der Waals surface area (Å²) in [6.07, 6.45) is 8.49. The van der Waals surface area contributed by atoms with Crippen LogP contribution in [0, 0.1) is 0 Å². The SMILES string of the molecule is Cn1ccc(CN2CCCC2CC(O)c2ccco2)c1. The fraction of sp³-hybridized carbons (Fsp3) is 0.500. The zero-order chi connectivity index (χ0) is 13.9. The first kappa shape index (κ1) is 13.5. The van der Waals surface area contributed by atoms with Gasteiger partial charge in [-0.2, -0.15) is 0 Å². The zero-order valence-electron chi connectivity index (χ0n) is 11.9. The van der Waals surface area contributed by atoms with E-state index in [1.54, 1.807) is 6.26 Å². The second-order valence-electron chi connectivity index (χ2n) is 5.72. The number of furan rings is 1. The van der Waals surface area contributed by atoms with Crippen LogP contribution in [0.5, 0.6) is 0 Å². The Labute approximate surface area is 119 Å². The third kappa shape index (κ3) is 2.97. The molecule has 0 aliphatic carbocycles. The standard InChI is InChI=1S/C16H22N2O2/c1-17-8-6-13(11-17)12-18-7-2-4-14(18)10-15(19)16-5-3-9-20-16/h3,5-6,8-9,11,14-15,19H,2,4,7,10,12H2,1H3. The van der Waals surface area contributed by atoms with Crippen molar-refractivity contribution < 1.29 is 9.52 Å². The van der Waals surface area contributed by atoms with Gasteiger partial charge in [-0.05, 0) is 49.6 Å². The number of hydrogen-bond acceptors (Lipinski definition) is 3. The number of aryl methyl sites for hydroxylation is 1. The molecule has 1 fully saturated rings. The maximum atomic E-state index is 10.2. The van der Waals surface area contributed by atoms with Gasteiger partial charge < -0.3 is 14.1 Å². The summed E-state index contributed by atoms with van der Waals surface area (Å²) in [5.74, 6) is 0.677. The van der Waals surface area contributed by atoms with Crippen molar-refractivity contribution in [2.75, 3.05) is 6.54 Å². The molecule has 0 spiro atoms. The molecule has 0 saturated carbocycles.